The van der Waals surface area contributed by atoms with Gasteiger partial charge in [-0.3, -0.25) is 0 Å². The molecular weight excluding hydrogens is 276 g/mol. The Labute approximate surface area is 131 Å². The van der Waals surface area contributed by atoms with E-state index >= 15 is 0 Å². The lowest BCUT2D eigenvalue weighted by Crippen LogP contribution is -2.10. The first-order valence-corrected chi connectivity index (χ1v) is 7.72. The fourth-order valence-corrected chi connectivity index (χ4v) is 2.40. The van der Waals surface area contributed by atoms with Gasteiger partial charge in [0.1, 0.15) is 23.2 Å². The van der Waals surface area contributed by atoms with Gasteiger partial charge in [0.2, 0.25) is 0 Å². The largest absolute Gasteiger partial charge is 0.496 e. The third kappa shape index (κ3) is 3.87. The molecule has 1 aromatic heterocycles. The second kappa shape index (κ2) is 6.64. The molecule has 1 heterocycles. The fourth-order valence-electron chi connectivity index (χ4n) is 2.40. The molecule has 0 bridgehead atoms. The van der Waals surface area contributed by atoms with Gasteiger partial charge < -0.3 is 15.4 Å². The molecule has 0 atom stereocenters. The highest BCUT2D eigenvalue weighted by Crippen LogP contribution is 2.24. The normalized spacial score (nSPS) is 13.7. The van der Waals surface area contributed by atoms with Crippen LogP contribution in [0.3, 0.4) is 0 Å². The number of methoxy groups -OCH3 is 1. The number of benzene rings is 1. The third-order valence-corrected chi connectivity index (χ3v) is 3.66. The van der Waals surface area contributed by atoms with Gasteiger partial charge in [-0.1, -0.05) is 18.2 Å². The van der Waals surface area contributed by atoms with Gasteiger partial charge in [0.15, 0.2) is 0 Å². The molecule has 5 nitrogen and oxygen atoms in total. The lowest BCUT2D eigenvalue weighted by molar-refractivity contribution is 0.410. The van der Waals surface area contributed by atoms with Crippen LogP contribution in [0.5, 0.6) is 5.75 Å². The summed E-state index contributed by atoms with van der Waals surface area (Å²) < 4.78 is 5.37. The smallest absolute Gasteiger partial charge is 0.132 e. The summed E-state index contributed by atoms with van der Waals surface area (Å²) in [6.07, 6.45) is 3.36. The molecule has 5 heteroatoms. The second-order valence-corrected chi connectivity index (χ2v) is 5.59. The molecule has 1 fully saturated rings. The van der Waals surface area contributed by atoms with Gasteiger partial charge in [-0.15, -0.1) is 0 Å². The summed E-state index contributed by atoms with van der Waals surface area (Å²) in [5.41, 5.74) is 1.19. The Morgan fingerprint density at radius 3 is 2.73 bits per heavy atom. The molecule has 2 N–H and O–H groups in total. The van der Waals surface area contributed by atoms with E-state index in [1.165, 1.54) is 18.4 Å². The number of rotatable bonds is 7. The molecule has 2 aromatic rings. The van der Waals surface area contributed by atoms with Crippen molar-refractivity contribution in [2.75, 3.05) is 24.3 Å². The van der Waals surface area contributed by atoms with Gasteiger partial charge in [-0.2, -0.15) is 0 Å². The number of para-hydroxylation sites is 1. The molecule has 0 radical (unpaired) electrons. The molecular formula is C17H22N4O. The predicted molar refractivity (Wildman–Crippen MR) is 88.6 cm³/mol. The molecule has 1 saturated carbocycles. The molecule has 0 unspecified atom stereocenters. The van der Waals surface area contributed by atoms with E-state index in [9.17, 15) is 0 Å². The van der Waals surface area contributed by atoms with E-state index in [1.807, 2.05) is 31.2 Å². The first-order valence-electron chi connectivity index (χ1n) is 7.72. The van der Waals surface area contributed by atoms with E-state index in [0.717, 1.165) is 36.2 Å². The van der Waals surface area contributed by atoms with Gasteiger partial charge >= 0.3 is 0 Å². The van der Waals surface area contributed by atoms with Crippen LogP contribution >= 0.6 is 0 Å². The molecule has 0 spiro atoms. The fraction of sp³-hybridized carbons (Fsp3) is 0.412. The first-order chi connectivity index (χ1) is 10.7. The first kappa shape index (κ1) is 14.6. The summed E-state index contributed by atoms with van der Waals surface area (Å²) in [6.45, 7) is 2.73. The minimum atomic E-state index is 0.593. The number of ether oxygens (including phenoxy) is 1. The van der Waals surface area contributed by atoms with Crippen molar-refractivity contribution in [1.29, 1.82) is 0 Å². The highest BCUT2D eigenvalue weighted by atomic mass is 16.5. The molecule has 1 aromatic carbocycles. The van der Waals surface area contributed by atoms with E-state index < -0.39 is 0 Å². The van der Waals surface area contributed by atoms with E-state index in [1.54, 1.807) is 7.11 Å². The Hall–Kier alpha value is -2.30. The number of nitrogens with zero attached hydrogens (tertiary/aromatic N) is 2. The van der Waals surface area contributed by atoms with Crippen molar-refractivity contribution in [1.82, 2.24) is 9.97 Å². The highest BCUT2D eigenvalue weighted by molar-refractivity contribution is 5.48. The standard InChI is InChI=1S/C17H22N4O/c1-12-19-16(11-17(20-12)21-14-7-8-14)18-10-9-13-5-3-4-6-15(13)22-2/h3-6,11,14H,7-10H2,1-2H3,(H2,18,19,20,21). The van der Waals surface area contributed by atoms with Crippen LogP contribution in [0.1, 0.15) is 24.2 Å². The van der Waals surface area contributed by atoms with Crippen LogP contribution in [0.4, 0.5) is 11.6 Å². The average Bonchev–Trinajstić information content (AvgIpc) is 3.31. The predicted octanol–water partition coefficient (Wildman–Crippen LogP) is 3.02. The van der Waals surface area contributed by atoms with Crippen molar-refractivity contribution in [2.24, 2.45) is 0 Å². The van der Waals surface area contributed by atoms with Gasteiger partial charge in [-0.05, 0) is 37.8 Å². The lowest BCUT2D eigenvalue weighted by Gasteiger charge is -2.11. The molecule has 22 heavy (non-hydrogen) atoms. The molecule has 0 saturated heterocycles. The van der Waals surface area contributed by atoms with E-state index in [0.29, 0.717) is 6.04 Å². The van der Waals surface area contributed by atoms with Crippen molar-refractivity contribution in [2.45, 2.75) is 32.2 Å². The van der Waals surface area contributed by atoms with Crippen LogP contribution in [0.2, 0.25) is 0 Å². The zero-order valence-corrected chi connectivity index (χ0v) is 13.1. The maximum atomic E-state index is 5.37. The average molecular weight is 298 g/mol. The van der Waals surface area contributed by atoms with Crippen molar-refractivity contribution in [3.05, 3.63) is 41.7 Å². The lowest BCUT2D eigenvalue weighted by atomic mass is 10.1. The van der Waals surface area contributed by atoms with Crippen LogP contribution in [0, 0.1) is 6.92 Å². The Morgan fingerprint density at radius 2 is 1.95 bits per heavy atom. The summed E-state index contributed by atoms with van der Waals surface area (Å²) in [5, 5.41) is 6.78. The van der Waals surface area contributed by atoms with Gasteiger partial charge in [0, 0.05) is 18.7 Å². The molecule has 3 rings (SSSR count). The molecule has 1 aliphatic carbocycles. The van der Waals surface area contributed by atoms with Gasteiger partial charge in [0.05, 0.1) is 7.11 Å². The van der Waals surface area contributed by atoms with Crippen molar-refractivity contribution in [3.8, 4) is 5.75 Å². The summed E-state index contributed by atoms with van der Waals surface area (Å²) >= 11 is 0. The number of nitrogens with one attached hydrogen (secondary N) is 2. The monoisotopic (exact) mass is 298 g/mol. The van der Waals surface area contributed by atoms with Crippen LogP contribution in [0.15, 0.2) is 30.3 Å². The highest BCUT2D eigenvalue weighted by Gasteiger charge is 2.21. The number of aryl methyl sites for hydroxylation is 1. The SMILES string of the molecule is COc1ccccc1CCNc1cc(NC2CC2)nc(C)n1. The Balaban J connectivity index is 1.59. The maximum absolute atomic E-state index is 5.37. The van der Waals surface area contributed by atoms with E-state index in [-0.39, 0.29) is 0 Å². The number of hydrogen-bond acceptors (Lipinski definition) is 5. The van der Waals surface area contributed by atoms with Crippen molar-refractivity contribution < 1.29 is 4.74 Å². The second-order valence-electron chi connectivity index (χ2n) is 5.59. The van der Waals surface area contributed by atoms with E-state index in [2.05, 4.69) is 26.7 Å². The van der Waals surface area contributed by atoms with E-state index in [4.69, 9.17) is 4.74 Å². The minimum absolute atomic E-state index is 0.593. The van der Waals surface area contributed by atoms with Crippen LogP contribution < -0.4 is 15.4 Å². The third-order valence-electron chi connectivity index (χ3n) is 3.66. The molecule has 116 valence electrons. The topological polar surface area (TPSA) is 59.1 Å². The van der Waals surface area contributed by atoms with Crippen LogP contribution in [0.25, 0.3) is 0 Å². The summed E-state index contributed by atoms with van der Waals surface area (Å²) in [4.78, 5) is 8.87. The Morgan fingerprint density at radius 1 is 1.18 bits per heavy atom. The minimum Gasteiger partial charge on any atom is -0.496 e. The number of hydrogen-bond donors (Lipinski definition) is 2. The molecule has 0 amide bonds. The van der Waals surface area contributed by atoms with Gasteiger partial charge in [0.25, 0.3) is 0 Å². The van der Waals surface area contributed by atoms with Crippen molar-refractivity contribution >= 4 is 11.6 Å². The zero-order chi connectivity index (χ0) is 15.4. The Bertz CT molecular complexity index is 640. The van der Waals surface area contributed by atoms with Crippen LogP contribution in [-0.2, 0) is 6.42 Å². The van der Waals surface area contributed by atoms with Gasteiger partial charge in [-0.25, -0.2) is 9.97 Å². The molecule has 1 aliphatic rings. The zero-order valence-electron chi connectivity index (χ0n) is 13.1. The van der Waals surface area contributed by atoms with Crippen molar-refractivity contribution in [3.63, 3.8) is 0 Å². The molecule has 0 aliphatic heterocycles. The quantitative estimate of drug-likeness (QED) is 0.823. The maximum Gasteiger partial charge on any atom is 0.132 e. The Kier molecular flexibility index (Phi) is 4.42. The summed E-state index contributed by atoms with van der Waals surface area (Å²) in [5.74, 6) is 3.49. The number of aromatic nitrogens is 2. The van der Waals surface area contributed by atoms with Crippen LogP contribution in [-0.4, -0.2) is 29.7 Å². The number of anilines is 2. The summed E-state index contributed by atoms with van der Waals surface area (Å²) in [7, 11) is 1.70. The summed E-state index contributed by atoms with van der Waals surface area (Å²) in [6, 6.07) is 10.7.